The fraction of sp³-hybridized carbons (Fsp3) is 0.222. The quantitative estimate of drug-likeness (QED) is 0.323. The molecule has 7 nitrogen and oxygen atoms in total. The van der Waals surface area contributed by atoms with Gasteiger partial charge in [0.15, 0.2) is 0 Å². The van der Waals surface area contributed by atoms with Crippen molar-refractivity contribution < 1.29 is 24.2 Å². The van der Waals surface area contributed by atoms with Crippen molar-refractivity contribution in [3.63, 3.8) is 0 Å². The molecule has 2 aromatic carbocycles. The van der Waals surface area contributed by atoms with Gasteiger partial charge < -0.3 is 14.6 Å². The summed E-state index contributed by atoms with van der Waals surface area (Å²) in [5.41, 5.74) is 2.39. The molecule has 1 unspecified atom stereocenters. The van der Waals surface area contributed by atoms with Crippen LogP contribution in [-0.4, -0.2) is 36.0 Å². The Kier molecular flexibility index (Phi) is 6.36. The van der Waals surface area contributed by atoms with Crippen LogP contribution in [0.4, 0.5) is 5.69 Å². The highest BCUT2D eigenvalue weighted by atomic mass is 16.5. The van der Waals surface area contributed by atoms with Crippen LogP contribution < -0.4 is 14.4 Å². The summed E-state index contributed by atoms with van der Waals surface area (Å²) in [7, 11) is 2.91. The van der Waals surface area contributed by atoms with Crippen LogP contribution in [0.25, 0.3) is 5.76 Å². The SMILES string of the molecule is COc1cccc(OC)c1/C(O)=C1\C(=O)C(=O)N(c2ccc(C(C)C)cc2)C1c1cccnc1. The Labute approximate surface area is 198 Å². The van der Waals surface area contributed by atoms with Crippen molar-refractivity contribution in [2.45, 2.75) is 25.8 Å². The third-order valence-electron chi connectivity index (χ3n) is 5.95. The summed E-state index contributed by atoms with van der Waals surface area (Å²) in [4.78, 5) is 32.2. The molecular formula is C27H26N2O5. The van der Waals surface area contributed by atoms with Crippen molar-refractivity contribution >= 4 is 23.1 Å². The van der Waals surface area contributed by atoms with E-state index in [0.29, 0.717) is 28.7 Å². The molecule has 1 aliphatic rings. The van der Waals surface area contributed by atoms with Crippen molar-refractivity contribution in [1.82, 2.24) is 4.98 Å². The van der Waals surface area contributed by atoms with Crippen LogP contribution in [0.3, 0.4) is 0 Å². The minimum Gasteiger partial charge on any atom is -0.506 e. The minimum absolute atomic E-state index is 0.0614. The number of nitrogens with zero attached hydrogens (tertiary/aromatic N) is 2. The van der Waals surface area contributed by atoms with E-state index in [1.54, 1.807) is 42.7 Å². The molecule has 0 aliphatic carbocycles. The lowest BCUT2D eigenvalue weighted by Gasteiger charge is -2.25. The van der Waals surface area contributed by atoms with Crippen LogP contribution in [0.15, 0.2) is 72.6 Å². The van der Waals surface area contributed by atoms with E-state index in [0.717, 1.165) is 5.56 Å². The number of amides is 1. The summed E-state index contributed by atoms with van der Waals surface area (Å²) in [5.74, 6) is -0.961. The van der Waals surface area contributed by atoms with E-state index in [2.05, 4.69) is 18.8 Å². The number of carbonyl (C=O) groups is 2. The van der Waals surface area contributed by atoms with Gasteiger partial charge in [0.25, 0.3) is 11.7 Å². The lowest BCUT2D eigenvalue weighted by atomic mass is 9.95. The summed E-state index contributed by atoms with van der Waals surface area (Å²) < 4.78 is 10.8. The molecule has 174 valence electrons. The second kappa shape index (κ2) is 9.39. The first-order chi connectivity index (χ1) is 16.4. The topological polar surface area (TPSA) is 89.0 Å². The van der Waals surface area contributed by atoms with Crippen LogP contribution >= 0.6 is 0 Å². The predicted octanol–water partition coefficient (Wildman–Crippen LogP) is 4.85. The molecule has 3 aromatic rings. The zero-order valence-corrected chi connectivity index (χ0v) is 19.5. The fourth-order valence-corrected chi connectivity index (χ4v) is 4.19. The van der Waals surface area contributed by atoms with E-state index in [-0.39, 0.29) is 16.9 Å². The number of aliphatic hydroxyl groups is 1. The second-order valence-electron chi connectivity index (χ2n) is 8.24. The number of aromatic nitrogens is 1. The van der Waals surface area contributed by atoms with E-state index in [1.807, 2.05) is 24.3 Å². The molecule has 1 aromatic heterocycles. The predicted molar refractivity (Wildman–Crippen MR) is 129 cm³/mol. The average molecular weight is 459 g/mol. The maximum Gasteiger partial charge on any atom is 0.300 e. The smallest absolute Gasteiger partial charge is 0.300 e. The molecule has 0 radical (unpaired) electrons. The van der Waals surface area contributed by atoms with Crippen molar-refractivity contribution in [2.75, 3.05) is 19.1 Å². The van der Waals surface area contributed by atoms with E-state index in [1.165, 1.54) is 19.1 Å². The Balaban J connectivity index is 1.96. The molecule has 0 saturated carbocycles. The average Bonchev–Trinajstić information content (AvgIpc) is 3.13. The maximum atomic E-state index is 13.4. The molecule has 0 bridgehead atoms. The zero-order chi connectivity index (χ0) is 24.4. The zero-order valence-electron chi connectivity index (χ0n) is 19.5. The third kappa shape index (κ3) is 3.90. The molecule has 1 aliphatic heterocycles. The second-order valence-corrected chi connectivity index (χ2v) is 8.24. The van der Waals surface area contributed by atoms with Crippen molar-refractivity contribution in [2.24, 2.45) is 0 Å². The van der Waals surface area contributed by atoms with E-state index in [9.17, 15) is 14.7 Å². The molecule has 0 spiro atoms. The highest BCUT2D eigenvalue weighted by molar-refractivity contribution is 6.51. The first-order valence-electron chi connectivity index (χ1n) is 10.9. The Morgan fingerprint density at radius 2 is 1.62 bits per heavy atom. The minimum atomic E-state index is -0.881. The van der Waals surface area contributed by atoms with Gasteiger partial charge in [-0.2, -0.15) is 0 Å². The summed E-state index contributed by atoms with van der Waals surface area (Å²) >= 11 is 0. The summed E-state index contributed by atoms with van der Waals surface area (Å²) in [6, 6.07) is 15.1. The maximum absolute atomic E-state index is 13.4. The third-order valence-corrected chi connectivity index (χ3v) is 5.95. The number of Topliss-reactive ketones (excluding diaryl/α,β-unsaturated/α-hetero) is 1. The summed E-state index contributed by atoms with van der Waals surface area (Å²) in [6.07, 6.45) is 3.19. The van der Waals surface area contributed by atoms with Crippen LogP contribution in [0, 0.1) is 0 Å². The number of hydrogen-bond donors (Lipinski definition) is 1. The molecule has 1 amide bonds. The van der Waals surface area contributed by atoms with Crippen molar-refractivity contribution in [3.8, 4) is 11.5 Å². The Bertz CT molecular complexity index is 1230. The van der Waals surface area contributed by atoms with E-state index in [4.69, 9.17) is 9.47 Å². The van der Waals surface area contributed by atoms with Crippen LogP contribution in [-0.2, 0) is 9.59 Å². The first kappa shape index (κ1) is 23.0. The molecule has 7 heteroatoms. The first-order valence-corrected chi connectivity index (χ1v) is 10.9. The number of pyridine rings is 1. The molecule has 2 heterocycles. The van der Waals surface area contributed by atoms with Gasteiger partial charge in [0, 0.05) is 18.1 Å². The Hall–Kier alpha value is -4.13. The number of rotatable bonds is 6. The molecule has 1 atom stereocenters. The standard InChI is InChI=1S/C27H26N2O5/c1-16(2)17-10-12-19(13-11-17)29-24(18-7-6-14-28-15-18)23(26(31)27(29)32)25(30)22-20(33-3)8-5-9-21(22)34-4/h5-16,24,30H,1-4H3/b25-23+. The number of anilines is 1. The van der Waals surface area contributed by atoms with Crippen molar-refractivity contribution in [1.29, 1.82) is 0 Å². The number of aliphatic hydroxyl groups excluding tert-OH is 1. The largest absolute Gasteiger partial charge is 0.506 e. The van der Waals surface area contributed by atoms with Gasteiger partial charge >= 0.3 is 0 Å². The van der Waals surface area contributed by atoms with Gasteiger partial charge in [0.2, 0.25) is 0 Å². The lowest BCUT2D eigenvalue weighted by Crippen LogP contribution is -2.29. The Morgan fingerprint density at radius 1 is 0.971 bits per heavy atom. The van der Waals surface area contributed by atoms with Crippen LogP contribution in [0.5, 0.6) is 11.5 Å². The highest BCUT2D eigenvalue weighted by Crippen LogP contribution is 2.45. The molecule has 1 fully saturated rings. The number of ketones is 1. The van der Waals surface area contributed by atoms with Gasteiger partial charge in [-0.25, -0.2) is 0 Å². The summed E-state index contributed by atoms with van der Waals surface area (Å²) in [5, 5.41) is 11.4. The van der Waals surface area contributed by atoms with E-state index >= 15 is 0 Å². The van der Waals surface area contributed by atoms with Gasteiger partial charge in [-0.1, -0.05) is 38.1 Å². The van der Waals surface area contributed by atoms with Gasteiger partial charge in [-0.05, 0) is 47.4 Å². The number of methoxy groups -OCH3 is 2. The Morgan fingerprint density at radius 3 is 2.15 bits per heavy atom. The number of ether oxygens (including phenoxy) is 2. The molecule has 1 saturated heterocycles. The lowest BCUT2D eigenvalue weighted by molar-refractivity contribution is -0.132. The molecule has 4 rings (SSSR count). The molecular weight excluding hydrogens is 432 g/mol. The van der Waals surface area contributed by atoms with Crippen LogP contribution in [0.2, 0.25) is 0 Å². The molecule has 1 N–H and O–H groups in total. The number of hydrogen-bond acceptors (Lipinski definition) is 6. The summed E-state index contributed by atoms with van der Waals surface area (Å²) in [6.45, 7) is 4.16. The van der Waals surface area contributed by atoms with Crippen LogP contribution in [0.1, 0.15) is 42.5 Å². The highest BCUT2D eigenvalue weighted by Gasteiger charge is 2.47. The van der Waals surface area contributed by atoms with Gasteiger partial charge in [-0.3, -0.25) is 19.5 Å². The number of carbonyl (C=O) groups excluding carboxylic acids is 2. The fourth-order valence-electron chi connectivity index (χ4n) is 4.19. The monoisotopic (exact) mass is 458 g/mol. The van der Waals surface area contributed by atoms with E-state index < -0.39 is 17.7 Å². The normalized spacial score (nSPS) is 17.3. The van der Waals surface area contributed by atoms with Gasteiger partial charge in [-0.15, -0.1) is 0 Å². The molecule has 34 heavy (non-hydrogen) atoms. The van der Waals surface area contributed by atoms with Crippen molar-refractivity contribution in [3.05, 3.63) is 89.3 Å². The van der Waals surface area contributed by atoms with Gasteiger partial charge in [0.05, 0.1) is 25.8 Å². The van der Waals surface area contributed by atoms with Gasteiger partial charge in [0.1, 0.15) is 22.8 Å². The number of benzene rings is 2.